The van der Waals surface area contributed by atoms with Crippen LogP contribution in [0.1, 0.15) is 24.5 Å². The van der Waals surface area contributed by atoms with Gasteiger partial charge >= 0.3 is 0 Å². The summed E-state index contributed by atoms with van der Waals surface area (Å²) in [6, 6.07) is 0.274. The third-order valence-corrected chi connectivity index (χ3v) is 3.72. The smallest absolute Gasteiger partial charge is 0.193 e. The van der Waals surface area contributed by atoms with Gasteiger partial charge in [0.15, 0.2) is 10.8 Å². The number of fused-ring (bicyclic) bond motifs is 1. The van der Waals surface area contributed by atoms with Crippen molar-refractivity contribution >= 4 is 11.3 Å². The highest BCUT2D eigenvalue weighted by Gasteiger charge is 2.23. The van der Waals surface area contributed by atoms with Crippen molar-refractivity contribution in [2.24, 2.45) is 0 Å². The molecule has 84 valence electrons. The zero-order valence-electron chi connectivity index (χ0n) is 9.27. The first-order chi connectivity index (χ1) is 7.75. The topological polar surface area (TPSA) is 55.6 Å². The summed E-state index contributed by atoms with van der Waals surface area (Å²) in [7, 11) is 0. The molecule has 1 N–H and O–H groups in total. The molecule has 2 aromatic rings. The number of nitrogens with one attached hydrogen (secondary N) is 1. The Kier molecular flexibility index (Phi) is 2.26. The molecule has 1 aliphatic rings. The lowest BCUT2D eigenvalue weighted by atomic mass is 10.2. The normalized spacial score (nSPS) is 19.8. The van der Waals surface area contributed by atoms with Crippen LogP contribution in [0.15, 0.2) is 5.38 Å². The third-order valence-electron chi connectivity index (χ3n) is 2.76. The van der Waals surface area contributed by atoms with Crippen LogP contribution in [0, 0.1) is 6.92 Å². The molecule has 3 heterocycles. The van der Waals surface area contributed by atoms with Crippen molar-refractivity contribution < 1.29 is 0 Å². The van der Waals surface area contributed by atoms with Gasteiger partial charge < -0.3 is 9.88 Å². The molecular formula is C10H13N5S. The van der Waals surface area contributed by atoms with Crippen LogP contribution in [0.3, 0.4) is 0 Å². The summed E-state index contributed by atoms with van der Waals surface area (Å²) in [4.78, 5) is 4.46. The average Bonchev–Trinajstić information content (AvgIpc) is 2.84. The molecule has 6 heteroatoms. The van der Waals surface area contributed by atoms with Crippen LogP contribution in [-0.2, 0) is 6.54 Å². The monoisotopic (exact) mass is 235 g/mol. The van der Waals surface area contributed by atoms with Crippen LogP contribution in [0.25, 0.3) is 10.8 Å². The minimum absolute atomic E-state index is 0.274. The predicted molar refractivity (Wildman–Crippen MR) is 62.3 cm³/mol. The Morgan fingerprint density at radius 3 is 3.12 bits per heavy atom. The van der Waals surface area contributed by atoms with Gasteiger partial charge in [0.25, 0.3) is 0 Å². The molecule has 0 unspecified atom stereocenters. The van der Waals surface area contributed by atoms with Gasteiger partial charge in [-0.1, -0.05) is 0 Å². The largest absolute Gasteiger partial charge is 0.306 e. The second-order valence-corrected chi connectivity index (χ2v) is 4.86. The Balaban J connectivity index is 2.09. The van der Waals surface area contributed by atoms with Crippen molar-refractivity contribution in [3.8, 4) is 10.8 Å². The highest BCUT2D eigenvalue weighted by molar-refractivity contribution is 7.13. The predicted octanol–water partition coefficient (Wildman–Crippen LogP) is 1.37. The van der Waals surface area contributed by atoms with Gasteiger partial charge in [0.2, 0.25) is 0 Å². The highest BCUT2D eigenvalue weighted by atomic mass is 32.1. The number of thiazole rings is 1. The van der Waals surface area contributed by atoms with Crippen molar-refractivity contribution in [2.75, 3.05) is 6.54 Å². The van der Waals surface area contributed by atoms with Gasteiger partial charge in [-0.3, -0.25) is 0 Å². The van der Waals surface area contributed by atoms with E-state index in [1.54, 1.807) is 11.3 Å². The molecule has 0 aromatic carbocycles. The molecule has 16 heavy (non-hydrogen) atoms. The SMILES string of the molecule is Cc1csc(-c2nnc3n2CCN[C@H]3C)n1. The molecule has 0 radical (unpaired) electrons. The van der Waals surface area contributed by atoms with E-state index in [1.165, 1.54) is 0 Å². The standard InChI is InChI=1S/C10H13N5S/c1-6-5-16-10(12-6)9-14-13-8-7(2)11-3-4-15(8)9/h5,7,11H,3-4H2,1-2H3/t7-/m0/s1. The fourth-order valence-electron chi connectivity index (χ4n) is 1.95. The van der Waals surface area contributed by atoms with Crippen LogP contribution in [-0.4, -0.2) is 26.3 Å². The second-order valence-electron chi connectivity index (χ2n) is 4.00. The quantitative estimate of drug-likeness (QED) is 0.811. The van der Waals surface area contributed by atoms with Gasteiger partial charge in [0.1, 0.15) is 5.82 Å². The minimum Gasteiger partial charge on any atom is -0.306 e. The number of hydrogen-bond donors (Lipinski definition) is 1. The number of rotatable bonds is 1. The van der Waals surface area contributed by atoms with E-state index in [-0.39, 0.29) is 6.04 Å². The number of aryl methyl sites for hydroxylation is 1. The first-order valence-corrected chi connectivity index (χ1v) is 6.22. The molecule has 0 spiro atoms. The van der Waals surface area contributed by atoms with E-state index >= 15 is 0 Å². The Labute approximate surface area is 97.5 Å². The Morgan fingerprint density at radius 1 is 1.50 bits per heavy atom. The summed E-state index contributed by atoms with van der Waals surface area (Å²) in [5.41, 5.74) is 1.04. The lowest BCUT2D eigenvalue weighted by Crippen LogP contribution is -2.32. The zero-order chi connectivity index (χ0) is 11.1. The number of nitrogens with zero attached hydrogens (tertiary/aromatic N) is 4. The summed E-state index contributed by atoms with van der Waals surface area (Å²) in [6.45, 7) is 5.98. The molecule has 0 saturated heterocycles. The molecule has 1 atom stereocenters. The number of aromatic nitrogens is 4. The molecule has 3 rings (SSSR count). The second kappa shape index (κ2) is 3.64. The maximum Gasteiger partial charge on any atom is 0.193 e. The number of hydrogen-bond acceptors (Lipinski definition) is 5. The maximum absolute atomic E-state index is 4.46. The van der Waals surface area contributed by atoms with Crippen molar-refractivity contribution in [3.63, 3.8) is 0 Å². The molecule has 0 saturated carbocycles. The fourth-order valence-corrected chi connectivity index (χ4v) is 2.74. The van der Waals surface area contributed by atoms with Gasteiger partial charge in [0, 0.05) is 24.2 Å². The Morgan fingerprint density at radius 2 is 2.38 bits per heavy atom. The van der Waals surface area contributed by atoms with Crippen LogP contribution in [0.4, 0.5) is 0 Å². The van der Waals surface area contributed by atoms with E-state index in [0.717, 1.165) is 35.4 Å². The van der Waals surface area contributed by atoms with Crippen molar-refractivity contribution in [1.29, 1.82) is 0 Å². The summed E-state index contributed by atoms with van der Waals surface area (Å²) < 4.78 is 2.17. The molecule has 0 aliphatic carbocycles. The lowest BCUT2D eigenvalue weighted by molar-refractivity contribution is 0.439. The van der Waals surface area contributed by atoms with Gasteiger partial charge in [-0.05, 0) is 13.8 Å². The fraction of sp³-hybridized carbons (Fsp3) is 0.500. The molecule has 2 aromatic heterocycles. The molecule has 0 amide bonds. The van der Waals surface area contributed by atoms with Gasteiger partial charge in [0.05, 0.1) is 6.04 Å². The van der Waals surface area contributed by atoms with Crippen LogP contribution >= 0.6 is 11.3 Å². The minimum atomic E-state index is 0.274. The van der Waals surface area contributed by atoms with E-state index in [9.17, 15) is 0 Å². The molecule has 0 bridgehead atoms. The maximum atomic E-state index is 4.46. The van der Waals surface area contributed by atoms with Crippen molar-refractivity contribution in [3.05, 3.63) is 16.9 Å². The van der Waals surface area contributed by atoms with E-state index in [4.69, 9.17) is 0 Å². The zero-order valence-corrected chi connectivity index (χ0v) is 10.1. The summed E-state index contributed by atoms with van der Waals surface area (Å²) >= 11 is 1.63. The van der Waals surface area contributed by atoms with E-state index in [0.29, 0.717) is 0 Å². The Hall–Kier alpha value is -1.27. The summed E-state index contributed by atoms with van der Waals surface area (Å²) in [6.07, 6.45) is 0. The van der Waals surface area contributed by atoms with Crippen molar-refractivity contribution in [2.45, 2.75) is 26.4 Å². The third kappa shape index (κ3) is 1.45. The van der Waals surface area contributed by atoms with Gasteiger partial charge in [-0.15, -0.1) is 21.5 Å². The van der Waals surface area contributed by atoms with Gasteiger partial charge in [-0.2, -0.15) is 0 Å². The first-order valence-electron chi connectivity index (χ1n) is 5.34. The Bertz CT molecular complexity index is 515. The van der Waals surface area contributed by atoms with Crippen LogP contribution < -0.4 is 5.32 Å². The summed E-state index contributed by atoms with van der Waals surface area (Å²) in [5.74, 6) is 1.91. The van der Waals surface area contributed by atoms with E-state index in [2.05, 4.69) is 32.0 Å². The summed E-state index contributed by atoms with van der Waals surface area (Å²) in [5, 5.41) is 14.9. The van der Waals surface area contributed by atoms with E-state index in [1.807, 2.05) is 12.3 Å². The van der Waals surface area contributed by atoms with Crippen LogP contribution in [0.5, 0.6) is 0 Å². The molecular weight excluding hydrogens is 222 g/mol. The van der Waals surface area contributed by atoms with E-state index < -0.39 is 0 Å². The lowest BCUT2D eigenvalue weighted by Gasteiger charge is -2.21. The first kappa shape index (κ1) is 9.92. The van der Waals surface area contributed by atoms with Crippen molar-refractivity contribution in [1.82, 2.24) is 25.1 Å². The molecule has 5 nitrogen and oxygen atoms in total. The van der Waals surface area contributed by atoms with Crippen LogP contribution in [0.2, 0.25) is 0 Å². The van der Waals surface area contributed by atoms with Gasteiger partial charge in [-0.25, -0.2) is 4.98 Å². The average molecular weight is 235 g/mol. The highest BCUT2D eigenvalue weighted by Crippen LogP contribution is 2.25. The molecule has 0 fully saturated rings. The molecule has 1 aliphatic heterocycles.